The van der Waals surface area contributed by atoms with Gasteiger partial charge >= 0.3 is 0 Å². The molecule has 1 fully saturated rings. The summed E-state index contributed by atoms with van der Waals surface area (Å²) < 4.78 is 16.4. The van der Waals surface area contributed by atoms with E-state index in [0.717, 1.165) is 50.2 Å². The SMILES string of the molecule is CCNC(=NCC(C)Oc1cccc(OC)c1)NCC1CCCN1CCOC. The van der Waals surface area contributed by atoms with Gasteiger partial charge in [-0.2, -0.15) is 0 Å². The first-order valence-corrected chi connectivity index (χ1v) is 10.2. The van der Waals surface area contributed by atoms with Crippen molar-refractivity contribution in [3.8, 4) is 11.5 Å². The zero-order valence-electron chi connectivity index (χ0n) is 17.7. The fourth-order valence-electron chi connectivity index (χ4n) is 3.35. The van der Waals surface area contributed by atoms with Crippen LogP contribution in [-0.2, 0) is 4.74 Å². The Hall–Kier alpha value is -1.99. The lowest BCUT2D eigenvalue weighted by Gasteiger charge is -2.25. The minimum Gasteiger partial charge on any atom is -0.497 e. The number of rotatable bonds is 11. The predicted molar refractivity (Wildman–Crippen MR) is 114 cm³/mol. The van der Waals surface area contributed by atoms with Crippen molar-refractivity contribution in [1.29, 1.82) is 0 Å². The summed E-state index contributed by atoms with van der Waals surface area (Å²) in [6.45, 7) is 9.31. The van der Waals surface area contributed by atoms with Crippen LogP contribution in [-0.4, -0.2) is 76.6 Å². The van der Waals surface area contributed by atoms with Gasteiger partial charge in [0.2, 0.25) is 0 Å². The van der Waals surface area contributed by atoms with E-state index in [1.165, 1.54) is 12.8 Å². The van der Waals surface area contributed by atoms with Crippen molar-refractivity contribution in [2.75, 3.05) is 53.6 Å². The fourth-order valence-corrected chi connectivity index (χ4v) is 3.35. The molecule has 1 aromatic rings. The minimum atomic E-state index is -0.0350. The Kier molecular flexibility index (Phi) is 9.93. The van der Waals surface area contributed by atoms with Crippen LogP contribution in [0.15, 0.2) is 29.3 Å². The van der Waals surface area contributed by atoms with Crippen LogP contribution in [0.5, 0.6) is 11.5 Å². The van der Waals surface area contributed by atoms with Crippen molar-refractivity contribution < 1.29 is 14.2 Å². The van der Waals surface area contributed by atoms with E-state index in [2.05, 4.69) is 22.5 Å². The van der Waals surface area contributed by atoms with E-state index in [0.29, 0.717) is 12.6 Å². The summed E-state index contributed by atoms with van der Waals surface area (Å²) in [4.78, 5) is 7.19. The van der Waals surface area contributed by atoms with Crippen LogP contribution < -0.4 is 20.1 Å². The maximum atomic E-state index is 5.96. The van der Waals surface area contributed by atoms with Gasteiger partial charge in [-0.15, -0.1) is 0 Å². The average molecular weight is 393 g/mol. The predicted octanol–water partition coefficient (Wildman–Crippen LogP) is 2.13. The Morgan fingerprint density at radius 2 is 2.11 bits per heavy atom. The Labute approximate surface area is 169 Å². The summed E-state index contributed by atoms with van der Waals surface area (Å²) in [6.07, 6.45) is 2.42. The van der Waals surface area contributed by atoms with Gasteiger partial charge in [0, 0.05) is 38.9 Å². The summed E-state index contributed by atoms with van der Waals surface area (Å²) in [5.74, 6) is 2.42. The first kappa shape index (κ1) is 22.3. The van der Waals surface area contributed by atoms with Crippen LogP contribution in [0.2, 0.25) is 0 Å². The Bertz CT molecular complexity index is 597. The van der Waals surface area contributed by atoms with E-state index in [9.17, 15) is 0 Å². The highest BCUT2D eigenvalue weighted by Gasteiger charge is 2.24. The second-order valence-electron chi connectivity index (χ2n) is 7.03. The first-order valence-electron chi connectivity index (χ1n) is 10.2. The van der Waals surface area contributed by atoms with Crippen LogP contribution in [0.25, 0.3) is 0 Å². The molecule has 1 aromatic carbocycles. The molecule has 1 heterocycles. The number of aliphatic imine (C=N–C) groups is 1. The van der Waals surface area contributed by atoms with Crippen LogP contribution in [0.1, 0.15) is 26.7 Å². The van der Waals surface area contributed by atoms with Crippen molar-refractivity contribution in [3.63, 3.8) is 0 Å². The number of nitrogens with zero attached hydrogens (tertiary/aromatic N) is 2. The third-order valence-corrected chi connectivity index (χ3v) is 4.82. The maximum absolute atomic E-state index is 5.96. The van der Waals surface area contributed by atoms with Crippen molar-refractivity contribution in [3.05, 3.63) is 24.3 Å². The quantitative estimate of drug-likeness (QED) is 0.444. The second-order valence-corrected chi connectivity index (χ2v) is 7.03. The summed E-state index contributed by atoms with van der Waals surface area (Å²) in [7, 11) is 3.41. The highest BCUT2D eigenvalue weighted by molar-refractivity contribution is 5.79. The molecule has 1 aliphatic rings. The van der Waals surface area contributed by atoms with Gasteiger partial charge in [-0.25, -0.2) is 4.99 Å². The largest absolute Gasteiger partial charge is 0.497 e. The number of benzene rings is 1. The lowest BCUT2D eigenvalue weighted by molar-refractivity contribution is 0.141. The molecule has 1 saturated heterocycles. The van der Waals surface area contributed by atoms with E-state index >= 15 is 0 Å². The number of hydrogen-bond acceptors (Lipinski definition) is 5. The number of methoxy groups -OCH3 is 2. The normalized spacial score (nSPS) is 18.7. The monoisotopic (exact) mass is 392 g/mol. The highest BCUT2D eigenvalue weighted by atomic mass is 16.5. The van der Waals surface area contributed by atoms with E-state index in [-0.39, 0.29) is 6.10 Å². The maximum Gasteiger partial charge on any atom is 0.191 e. The molecule has 0 saturated carbocycles. The van der Waals surface area contributed by atoms with Crippen molar-refractivity contribution in [2.24, 2.45) is 4.99 Å². The molecule has 0 spiro atoms. The summed E-state index contributed by atoms with van der Waals surface area (Å²) in [5, 5.41) is 6.81. The van der Waals surface area contributed by atoms with Crippen molar-refractivity contribution in [1.82, 2.24) is 15.5 Å². The lowest BCUT2D eigenvalue weighted by Crippen LogP contribution is -2.45. The number of ether oxygens (including phenoxy) is 3. The molecule has 2 N–H and O–H groups in total. The Balaban J connectivity index is 1.83. The molecule has 2 unspecified atom stereocenters. The van der Waals surface area contributed by atoms with Gasteiger partial charge in [0.05, 0.1) is 20.3 Å². The number of nitrogens with one attached hydrogen (secondary N) is 2. The van der Waals surface area contributed by atoms with Gasteiger partial charge in [-0.1, -0.05) is 6.07 Å². The van der Waals surface area contributed by atoms with Crippen molar-refractivity contribution >= 4 is 5.96 Å². The van der Waals surface area contributed by atoms with Gasteiger partial charge in [0.1, 0.15) is 17.6 Å². The Morgan fingerprint density at radius 3 is 2.86 bits per heavy atom. The van der Waals surface area contributed by atoms with Gasteiger partial charge < -0.3 is 24.8 Å². The van der Waals surface area contributed by atoms with Gasteiger partial charge in [-0.3, -0.25) is 4.90 Å². The minimum absolute atomic E-state index is 0.0350. The lowest BCUT2D eigenvalue weighted by atomic mass is 10.2. The van der Waals surface area contributed by atoms with Crippen LogP contribution >= 0.6 is 0 Å². The van der Waals surface area contributed by atoms with Gasteiger partial charge in [0.15, 0.2) is 5.96 Å². The highest BCUT2D eigenvalue weighted by Crippen LogP contribution is 2.20. The summed E-state index contributed by atoms with van der Waals surface area (Å²) >= 11 is 0. The number of likely N-dealkylation sites (tertiary alicyclic amines) is 1. The topological polar surface area (TPSA) is 67.4 Å². The van der Waals surface area contributed by atoms with Crippen LogP contribution in [0.4, 0.5) is 0 Å². The molecule has 0 amide bonds. The average Bonchev–Trinajstić information content (AvgIpc) is 3.16. The third kappa shape index (κ3) is 7.56. The molecule has 0 aliphatic carbocycles. The molecular formula is C21H36N4O3. The number of guanidine groups is 1. The molecule has 0 aromatic heterocycles. The molecule has 158 valence electrons. The van der Waals surface area contributed by atoms with E-state index < -0.39 is 0 Å². The molecule has 28 heavy (non-hydrogen) atoms. The molecule has 2 atom stereocenters. The van der Waals surface area contributed by atoms with Crippen LogP contribution in [0, 0.1) is 0 Å². The fraction of sp³-hybridized carbons (Fsp3) is 0.667. The molecular weight excluding hydrogens is 356 g/mol. The molecule has 0 radical (unpaired) electrons. The zero-order valence-corrected chi connectivity index (χ0v) is 17.7. The molecule has 7 heteroatoms. The summed E-state index contributed by atoms with van der Waals surface area (Å²) in [5.41, 5.74) is 0. The molecule has 0 bridgehead atoms. The van der Waals surface area contributed by atoms with E-state index in [1.807, 2.05) is 31.2 Å². The van der Waals surface area contributed by atoms with Gasteiger partial charge in [-0.05, 0) is 45.4 Å². The van der Waals surface area contributed by atoms with E-state index in [4.69, 9.17) is 19.2 Å². The van der Waals surface area contributed by atoms with Crippen molar-refractivity contribution in [2.45, 2.75) is 38.8 Å². The number of hydrogen-bond donors (Lipinski definition) is 2. The van der Waals surface area contributed by atoms with Gasteiger partial charge in [0.25, 0.3) is 0 Å². The summed E-state index contributed by atoms with van der Waals surface area (Å²) in [6, 6.07) is 8.18. The third-order valence-electron chi connectivity index (χ3n) is 4.82. The molecule has 2 rings (SSSR count). The zero-order chi connectivity index (χ0) is 20.2. The van der Waals surface area contributed by atoms with E-state index in [1.54, 1.807) is 14.2 Å². The second kappa shape index (κ2) is 12.5. The smallest absolute Gasteiger partial charge is 0.191 e. The first-order chi connectivity index (χ1) is 13.7. The standard InChI is InChI=1S/C21H36N4O3/c1-5-22-21(24-16-18-8-7-11-25(18)12-13-26-3)23-15-17(2)28-20-10-6-9-19(14-20)27-4/h6,9-10,14,17-18H,5,7-8,11-13,15-16H2,1-4H3,(H2,22,23,24). The molecule has 7 nitrogen and oxygen atoms in total. The van der Waals surface area contributed by atoms with Crippen LogP contribution in [0.3, 0.4) is 0 Å². The molecule has 1 aliphatic heterocycles. The Morgan fingerprint density at radius 1 is 1.29 bits per heavy atom.